The lowest BCUT2D eigenvalue weighted by atomic mass is 10.1. The van der Waals surface area contributed by atoms with Gasteiger partial charge in [0.2, 0.25) is 5.91 Å². The van der Waals surface area contributed by atoms with Crippen molar-refractivity contribution >= 4 is 5.91 Å². The average Bonchev–Trinajstić information content (AvgIpc) is 3.48. The second-order valence-corrected chi connectivity index (χ2v) is 7.71. The standard InChI is InChI=1S/C20H25N5O3/c1-13-8-14(2)23-20(22-13)28-16-4-3-7-24(10-16)19(27)11-25-12-21-17(9-18(25)26)15-5-6-15/h8-9,12,15-16H,3-7,10-11H2,1-2H3. The van der Waals surface area contributed by atoms with E-state index in [9.17, 15) is 9.59 Å². The fourth-order valence-electron chi connectivity index (χ4n) is 3.56. The van der Waals surface area contributed by atoms with Gasteiger partial charge in [0.1, 0.15) is 12.6 Å². The van der Waals surface area contributed by atoms with Gasteiger partial charge in [0, 0.05) is 29.9 Å². The van der Waals surface area contributed by atoms with Crippen molar-refractivity contribution in [2.75, 3.05) is 13.1 Å². The summed E-state index contributed by atoms with van der Waals surface area (Å²) in [6, 6.07) is 3.81. The number of likely N-dealkylation sites (tertiary alicyclic amines) is 1. The molecular weight excluding hydrogens is 358 g/mol. The molecule has 0 radical (unpaired) electrons. The van der Waals surface area contributed by atoms with E-state index in [0.717, 1.165) is 42.8 Å². The maximum Gasteiger partial charge on any atom is 0.317 e. The molecule has 1 saturated heterocycles. The molecule has 0 spiro atoms. The van der Waals surface area contributed by atoms with Crippen molar-refractivity contribution in [3.05, 3.63) is 45.9 Å². The Labute approximate surface area is 163 Å². The Morgan fingerprint density at radius 3 is 2.61 bits per heavy atom. The second kappa shape index (κ2) is 7.69. The summed E-state index contributed by atoms with van der Waals surface area (Å²) in [4.78, 5) is 39.7. The van der Waals surface area contributed by atoms with Gasteiger partial charge in [-0.3, -0.25) is 14.2 Å². The Kier molecular flexibility index (Phi) is 5.11. The predicted molar refractivity (Wildman–Crippen MR) is 102 cm³/mol. The Balaban J connectivity index is 1.38. The van der Waals surface area contributed by atoms with Gasteiger partial charge in [-0.05, 0) is 45.6 Å². The third-order valence-corrected chi connectivity index (χ3v) is 5.17. The van der Waals surface area contributed by atoms with E-state index in [0.29, 0.717) is 25.0 Å². The van der Waals surface area contributed by atoms with Crippen LogP contribution in [0.15, 0.2) is 23.3 Å². The van der Waals surface area contributed by atoms with Crippen LogP contribution < -0.4 is 10.3 Å². The van der Waals surface area contributed by atoms with Crippen molar-refractivity contribution in [1.82, 2.24) is 24.4 Å². The lowest BCUT2D eigenvalue weighted by Crippen LogP contribution is -2.46. The number of hydrogen-bond donors (Lipinski definition) is 0. The first-order chi connectivity index (χ1) is 13.5. The first-order valence-corrected chi connectivity index (χ1v) is 9.81. The number of amides is 1. The molecule has 1 atom stereocenters. The summed E-state index contributed by atoms with van der Waals surface area (Å²) >= 11 is 0. The van der Waals surface area contributed by atoms with Crippen LogP contribution in [-0.2, 0) is 11.3 Å². The van der Waals surface area contributed by atoms with Gasteiger partial charge in [-0.2, -0.15) is 0 Å². The minimum atomic E-state index is -0.168. The molecule has 2 aliphatic rings. The predicted octanol–water partition coefficient (Wildman–Crippen LogP) is 1.60. The topological polar surface area (TPSA) is 90.2 Å². The summed E-state index contributed by atoms with van der Waals surface area (Å²) in [5.74, 6) is 0.322. The third-order valence-electron chi connectivity index (χ3n) is 5.17. The molecule has 1 amide bonds. The Bertz CT molecular complexity index is 917. The number of ether oxygens (including phenoxy) is 1. The number of hydrogen-bond acceptors (Lipinski definition) is 6. The highest BCUT2D eigenvalue weighted by Gasteiger charge is 2.27. The van der Waals surface area contributed by atoms with Gasteiger partial charge in [0.15, 0.2) is 0 Å². The molecule has 1 aliphatic heterocycles. The maximum atomic E-state index is 12.7. The molecule has 1 aliphatic carbocycles. The molecular formula is C20H25N5O3. The van der Waals surface area contributed by atoms with Crippen molar-refractivity contribution in [3.63, 3.8) is 0 Å². The highest BCUT2D eigenvalue weighted by Crippen LogP contribution is 2.38. The van der Waals surface area contributed by atoms with Gasteiger partial charge in [-0.25, -0.2) is 15.0 Å². The van der Waals surface area contributed by atoms with Crippen molar-refractivity contribution in [3.8, 4) is 6.01 Å². The highest BCUT2D eigenvalue weighted by molar-refractivity contribution is 5.76. The summed E-state index contributed by atoms with van der Waals surface area (Å²) in [7, 11) is 0. The largest absolute Gasteiger partial charge is 0.458 e. The van der Waals surface area contributed by atoms with Gasteiger partial charge in [0.25, 0.3) is 5.56 Å². The number of aromatic nitrogens is 4. The molecule has 8 nitrogen and oxygen atoms in total. The normalized spacial score (nSPS) is 19.5. The van der Waals surface area contributed by atoms with Gasteiger partial charge in [-0.1, -0.05) is 0 Å². The quantitative estimate of drug-likeness (QED) is 0.779. The zero-order chi connectivity index (χ0) is 19.7. The zero-order valence-corrected chi connectivity index (χ0v) is 16.3. The molecule has 1 unspecified atom stereocenters. The number of rotatable bonds is 5. The fraction of sp³-hybridized carbons (Fsp3) is 0.550. The fourth-order valence-corrected chi connectivity index (χ4v) is 3.56. The molecule has 148 valence electrons. The molecule has 2 fully saturated rings. The first-order valence-electron chi connectivity index (χ1n) is 9.81. The van der Waals surface area contributed by atoms with Crippen LogP contribution in [0.25, 0.3) is 0 Å². The van der Waals surface area contributed by atoms with E-state index in [4.69, 9.17) is 4.74 Å². The molecule has 0 bridgehead atoms. The van der Waals surface area contributed by atoms with Crippen LogP contribution in [-0.4, -0.2) is 49.5 Å². The minimum absolute atomic E-state index is 0.00353. The van der Waals surface area contributed by atoms with Crippen molar-refractivity contribution < 1.29 is 9.53 Å². The van der Waals surface area contributed by atoms with E-state index in [2.05, 4.69) is 15.0 Å². The molecule has 8 heteroatoms. The Hall–Kier alpha value is -2.77. The molecule has 2 aromatic rings. The number of piperidine rings is 1. The summed E-state index contributed by atoms with van der Waals surface area (Å²) < 4.78 is 7.30. The van der Waals surface area contributed by atoms with E-state index in [1.54, 1.807) is 11.0 Å². The van der Waals surface area contributed by atoms with Crippen LogP contribution in [0, 0.1) is 13.8 Å². The van der Waals surface area contributed by atoms with Crippen LogP contribution in [0.3, 0.4) is 0 Å². The lowest BCUT2D eigenvalue weighted by molar-refractivity contribution is -0.134. The maximum absolute atomic E-state index is 12.7. The number of carbonyl (C=O) groups is 1. The van der Waals surface area contributed by atoms with E-state index >= 15 is 0 Å². The average molecular weight is 383 g/mol. The van der Waals surface area contributed by atoms with Gasteiger partial charge in [0.05, 0.1) is 18.6 Å². The van der Waals surface area contributed by atoms with E-state index in [1.165, 1.54) is 10.9 Å². The third kappa shape index (κ3) is 4.37. The van der Waals surface area contributed by atoms with E-state index in [-0.39, 0.29) is 24.1 Å². The monoisotopic (exact) mass is 383 g/mol. The Morgan fingerprint density at radius 1 is 1.18 bits per heavy atom. The van der Waals surface area contributed by atoms with Crippen LogP contribution in [0.2, 0.25) is 0 Å². The molecule has 2 aromatic heterocycles. The number of aryl methyl sites for hydroxylation is 2. The van der Waals surface area contributed by atoms with Crippen LogP contribution in [0.1, 0.15) is 48.7 Å². The minimum Gasteiger partial charge on any atom is -0.458 e. The lowest BCUT2D eigenvalue weighted by Gasteiger charge is -2.32. The number of carbonyl (C=O) groups excluding carboxylic acids is 1. The second-order valence-electron chi connectivity index (χ2n) is 7.71. The van der Waals surface area contributed by atoms with Crippen LogP contribution in [0.5, 0.6) is 6.01 Å². The summed E-state index contributed by atoms with van der Waals surface area (Å²) in [5.41, 5.74) is 2.38. The van der Waals surface area contributed by atoms with Crippen LogP contribution >= 0.6 is 0 Å². The van der Waals surface area contributed by atoms with Crippen molar-refractivity contribution in [2.45, 2.75) is 58.1 Å². The van der Waals surface area contributed by atoms with Crippen molar-refractivity contribution in [2.24, 2.45) is 0 Å². The first kappa shape index (κ1) is 18.6. The molecule has 28 heavy (non-hydrogen) atoms. The van der Waals surface area contributed by atoms with Gasteiger partial charge < -0.3 is 9.64 Å². The summed E-state index contributed by atoms with van der Waals surface area (Å²) in [6.45, 7) is 4.94. The molecule has 1 saturated carbocycles. The Morgan fingerprint density at radius 2 is 1.93 bits per heavy atom. The SMILES string of the molecule is Cc1cc(C)nc(OC2CCCN(C(=O)Cn3cnc(C4CC4)cc3=O)C2)n1. The molecule has 0 N–H and O–H groups in total. The molecule has 0 aromatic carbocycles. The van der Waals surface area contributed by atoms with Gasteiger partial charge >= 0.3 is 6.01 Å². The van der Waals surface area contributed by atoms with Gasteiger partial charge in [-0.15, -0.1) is 0 Å². The van der Waals surface area contributed by atoms with E-state index < -0.39 is 0 Å². The molecule has 4 rings (SSSR count). The number of nitrogens with zero attached hydrogens (tertiary/aromatic N) is 5. The van der Waals surface area contributed by atoms with Crippen molar-refractivity contribution in [1.29, 1.82) is 0 Å². The van der Waals surface area contributed by atoms with E-state index in [1.807, 2.05) is 19.9 Å². The smallest absolute Gasteiger partial charge is 0.317 e. The summed E-state index contributed by atoms with van der Waals surface area (Å²) in [6.07, 6.45) is 5.22. The zero-order valence-electron chi connectivity index (χ0n) is 16.3. The highest BCUT2D eigenvalue weighted by atomic mass is 16.5. The molecule has 3 heterocycles. The van der Waals surface area contributed by atoms with Crippen LogP contribution in [0.4, 0.5) is 0 Å². The summed E-state index contributed by atoms with van der Waals surface area (Å²) in [5, 5.41) is 0.